The third-order valence-corrected chi connectivity index (χ3v) is 2.50. The molecule has 0 saturated heterocycles. The monoisotopic (exact) mass is 164 g/mol. The summed E-state index contributed by atoms with van der Waals surface area (Å²) in [7, 11) is 0. The number of nitrogens with two attached hydrogens (primary N) is 1. The fraction of sp³-hybridized carbons (Fsp3) is 0.125. The van der Waals surface area contributed by atoms with E-state index in [1.54, 1.807) is 17.5 Å². The summed E-state index contributed by atoms with van der Waals surface area (Å²) in [5.74, 6) is 0. The van der Waals surface area contributed by atoms with E-state index in [1.165, 1.54) is 10.9 Å². The molecule has 0 amide bonds. The Kier molecular flexibility index (Phi) is 1.60. The average molecular weight is 164 g/mol. The molecule has 2 nitrogen and oxygen atoms in total. The highest BCUT2D eigenvalue weighted by Gasteiger charge is 1.99. The zero-order chi connectivity index (χ0) is 7.68. The highest BCUT2D eigenvalue weighted by molar-refractivity contribution is 7.16. The van der Waals surface area contributed by atoms with Crippen molar-refractivity contribution in [3.05, 3.63) is 29.3 Å². The Morgan fingerprint density at radius 2 is 2.36 bits per heavy atom. The van der Waals surface area contributed by atoms with Crippen LogP contribution in [0.5, 0.6) is 0 Å². The lowest BCUT2D eigenvalue weighted by molar-refractivity contribution is 1.08. The first-order chi connectivity index (χ1) is 5.42. The average Bonchev–Trinajstić information content (AvgIpc) is 2.50. The highest BCUT2D eigenvalue weighted by Crippen LogP contribution is 2.20. The van der Waals surface area contributed by atoms with Gasteiger partial charge in [-0.05, 0) is 23.1 Å². The molecule has 11 heavy (non-hydrogen) atoms. The molecular formula is C8H8N2S. The van der Waals surface area contributed by atoms with Crippen LogP contribution < -0.4 is 5.73 Å². The van der Waals surface area contributed by atoms with Crippen LogP contribution in [0.1, 0.15) is 5.56 Å². The van der Waals surface area contributed by atoms with Gasteiger partial charge in [0.2, 0.25) is 0 Å². The van der Waals surface area contributed by atoms with Gasteiger partial charge in [-0.15, -0.1) is 11.3 Å². The van der Waals surface area contributed by atoms with Crippen molar-refractivity contribution < 1.29 is 0 Å². The van der Waals surface area contributed by atoms with E-state index < -0.39 is 0 Å². The molecule has 3 heteroatoms. The molecule has 0 fully saturated rings. The number of aromatic nitrogens is 1. The van der Waals surface area contributed by atoms with Gasteiger partial charge in [-0.1, -0.05) is 0 Å². The second kappa shape index (κ2) is 2.60. The summed E-state index contributed by atoms with van der Waals surface area (Å²) in [4.78, 5) is 5.29. The maximum atomic E-state index is 5.55. The van der Waals surface area contributed by atoms with E-state index in [0.717, 1.165) is 4.83 Å². The minimum atomic E-state index is 0.593. The van der Waals surface area contributed by atoms with Crippen molar-refractivity contribution in [2.75, 3.05) is 0 Å². The molecule has 2 aromatic rings. The smallest absolute Gasteiger partial charge is 0.123 e. The van der Waals surface area contributed by atoms with Crippen LogP contribution in [0.2, 0.25) is 0 Å². The largest absolute Gasteiger partial charge is 0.326 e. The van der Waals surface area contributed by atoms with Gasteiger partial charge in [0, 0.05) is 18.1 Å². The SMILES string of the molecule is NCc1ccnc2sccc12. The van der Waals surface area contributed by atoms with E-state index in [1.807, 2.05) is 11.4 Å². The minimum Gasteiger partial charge on any atom is -0.326 e. The molecule has 0 atom stereocenters. The van der Waals surface area contributed by atoms with Gasteiger partial charge in [0.25, 0.3) is 0 Å². The zero-order valence-electron chi connectivity index (χ0n) is 5.95. The third kappa shape index (κ3) is 1.02. The molecule has 2 rings (SSSR count). The Labute approximate surface area is 68.7 Å². The number of hydrogen-bond donors (Lipinski definition) is 1. The van der Waals surface area contributed by atoms with E-state index in [0.29, 0.717) is 6.54 Å². The predicted octanol–water partition coefficient (Wildman–Crippen LogP) is 1.75. The molecule has 0 unspecified atom stereocenters. The molecule has 0 aromatic carbocycles. The summed E-state index contributed by atoms with van der Waals surface area (Å²) in [6.07, 6.45) is 1.81. The molecular weight excluding hydrogens is 156 g/mol. The fourth-order valence-corrected chi connectivity index (χ4v) is 1.89. The number of pyridine rings is 1. The molecule has 56 valence electrons. The van der Waals surface area contributed by atoms with Gasteiger partial charge in [0.05, 0.1) is 0 Å². The van der Waals surface area contributed by atoms with Crippen LogP contribution in [0.4, 0.5) is 0 Å². The Bertz CT molecular complexity index is 367. The van der Waals surface area contributed by atoms with Crippen LogP contribution in [0.25, 0.3) is 10.2 Å². The van der Waals surface area contributed by atoms with Crippen molar-refractivity contribution in [2.24, 2.45) is 5.73 Å². The molecule has 2 aromatic heterocycles. The van der Waals surface area contributed by atoms with E-state index in [4.69, 9.17) is 5.73 Å². The summed E-state index contributed by atoms with van der Waals surface area (Å²) < 4.78 is 0. The van der Waals surface area contributed by atoms with Crippen LogP contribution >= 0.6 is 11.3 Å². The molecule has 0 aliphatic heterocycles. The molecule has 0 aliphatic carbocycles. The minimum absolute atomic E-state index is 0.593. The number of thiophene rings is 1. The summed E-state index contributed by atoms with van der Waals surface area (Å²) in [6.45, 7) is 0.593. The van der Waals surface area contributed by atoms with Crippen molar-refractivity contribution in [2.45, 2.75) is 6.54 Å². The number of rotatable bonds is 1. The maximum absolute atomic E-state index is 5.55. The van der Waals surface area contributed by atoms with Crippen molar-refractivity contribution in [3.8, 4) is 0 Å². The van der Waals surface area contributed by atoms with Gasteiger partial charge >= 0.3 is 0 Å². The molecule has 0 aliphatic rings. The quantitative estimate of drug-likeness (QED) is 0.697. The van der Waals surface area contributed by atoms with Crippen LogP contribution in [0.15, 0.2) is 23.7 Å². The Morgan fingerprint density at radius 3 is 3.18 bits per heavy atom. The van der Waals surface area contributed by atoms with Crippen LogP contribution in [-0.4, -0.2) is 4.98 Å². The van der Waals surface area contributed by atoms with E-state index >= 15 is 0 Å². The molecule has 2 heterocycles. The lowest BCUT2D eigenvalue weighted by Crippen LogP contribution is -1.96. The van der Waals surface area contributed by atoms with Crippen molar-refractivity contribution in [1.29, 1.82) is 0 Å². The normalized spacial score (nSPS) is 10.6. The second-order valence-electron chi connectivity index (χ2n) is 2.31. The molecule has 0 bridgehead atoms. The lowest BCUT2D eigenvalue weighted by atomic mass is 10.2. The first kappa shape index (κ1) is 6.76. The maximum Gasteiger partial charge on any atom is 0.123 e. The van der Waals surface area contributed by atoms with E-state index in [2.05, 4.69) is 11.1 Å². The van der Waals surface area contributed by atoms with Gasteiger partial charge in [-0.25, -0.2) is 4.98 Å². The van der Waals surface area contributed by atoms with Crippen molar-refractivity contribution in [3.63, 3.8) is 0 Å². The van der Waals surface area contributed by atoms with Gasteiger partial charge in [-0.2, -0.15) is 0 Å². The fourth-order valence-electron chi connectivity index (χ4n) is 1.11. The summed E-state index contributed by atoms with van der Waals surface area (Å²) in [6, 6.07) is 4.03. The van der Waals surface area contributed by atoms with Crippen molar-refractivity contribution in [1.82, 2.24) is 4.98 Å². The summed E-state index contributed by atoms with van der Waals surface area (Å²) >= 11 is 1.65. The van der Waals surface area contributed by atoms with Gasteiger partial charge in [-0.3, -0.25) is 0 Å². The lowest BCUT2D eigenvalue weighted by Gasteiger charge is -1.95. The van der Waals surface area contributed by atoms with Crippen molar-refractivity contribution >= 4 is 21.6 Å². The van der Waals surface area contributed by atoms with Crippen LogP contribution in [0.3, 0.4) is 0 Å². The van der Waals surface area contributed by atoms with Gasteiger partial charge in [0.15, 0.2) is 0 Å². The molecule has 0 spiro atoms. The summed E-state index contributed by atoms with van der Waals surface area (Å²) in [5.41, 5.74) is 6.73. The van der Waals surface area contributed by atoms with Crippen LogP contribution in [0, 0.1) is 0 Å². The zero-order valence-corrected chi connectivity index (χ0v) is 6.77. The number of fused-ring (bicyclic) bond motifs is 1. The first-order valence-corrected chi connectivity index (χ1v) is 4.31. The number of hydrogen-bond acceptors (Lipinski definition) is 3. The Hall–Kier alpha value is -0.930. The third-order valence-electron chi connectivity index (χ3n) is 1.68. The van der Waals surface area contributed by atoms with Gasteiger partial charge < -0.3 is 5.73 Å². The topological polar surface area (TPSA) is 38.9 Å². The standard InChI is InChI=1S/C8H8N2S/c9-5-6-1-3-10-8-7(6)2-4-11-8/h1-4H,5,9H2. The Morgan fingerprint density at radius 1 is 1.45 bits per heavy atom. The first-order valence-electron chi connectivity index (χ1n) is 3.43. The highest BCUT2D eigenvalue weighted by atomic mass is 32.1. The van der Waals surface area contributed by atoms with E-state index in [-0.39, 0.29) is 0 Å². The van der Waals surface area contributed by atoms with Gasteiger partial charge in [0.1, 0.15) is 4.83 Å². The summed E-state index contributed by atoms with van der Waals surface area (Å²) in [5, 5.41) is 3.23. The predicted molar refractivity (Wildman–Crippen MR) is 47.5 cm³/mol. The molecule has 0 radical (unpaired) electrons. The number of nitrogens with zero attached hydrogens (tertiary/aromatic N) is 1. The van der Waals surface area contributed by atoms with E-state index in [9.17, 15) is 0 Å². The molecule has 0 saturated carbocycles. The second-order valence-corrected chi connectivity index (χ2v) is 3.21. The Balaban J connectivity index is 2.79. The molecule has 2 N–H and O–H groups in total. The van der Waals surface area contributed by atoms with Crippen LogP contribution in [-0.2, 0) is 6.54 Å².